The van der Waals surface area contributed by atoms with Crippen molar-refractivity contribution in [1.29, 1.82) is 0 Å². The molecule has 10 heteroatoms. The highest BCUT2D eigenvalue weighted by molar-refractivity contribution is 7.89. The number of benzene rings is 1. The number of hydrogen-bond donors (Lipinski definition) is 2. The van der Waals surface area contributed by atoms with Gasteiger partial charge in [-0.1, -0.05) is 17.4 Å². The molecule has 0 amide bonds. The molecular weight excluding hydrogens is 398 g/mol. The van der Waals surface area contributed by atoms with Gasteiger partial charge < -0.3 is 9.88 Å². The third-order valence-corrected chi connectivity index (χ3v) is 6.79. The molecule has 8 nitrogen and oxygen atoms in total. The zero-order valence-electron chi connectivity index (χ0n) is 15.9. The Morgan fingerprint density at radius 2 is 1.96 bits per heavy atom. The molecule has 0 spiro atoms. The molecule has 0 atom stereocenters. The number of anilines is 2. The van der Waals surface area contributed by atoms with E-state index in [1.54, 1.807) is 49.9 Å². The van der Waals surface area contributed by atoms with Crippen molar-refractivity contribution >= 4 is 33.0 Å². The molecule has 3 rings (SSSR count). The monoisotopic (exact) mass is 419 g/mol. The van der Waals surface area contributed by atoms with Gasteiger partial charge in [-0.25, -0.2) is 23.1 Å². The van der Waals surface area contributed by atoms with E-state index in [9.17, 15) is 13.2 Å². The summed E-state index contributed by atoms with van der Waals surface area (Å²) in [4.78, 5) is 21.4. The van der Waals surface area contributed by atoms with Crippen molar-refractivity contribution < 1.29 is 8.42 Å². The van der Waals surface area contributed by atoms with Crippen LogP contribution in [0, 0.1) is 6.92 Å². The van der Waals surface area contributed by atoms with Crippen molar-refractivity contribution in [1.82, 2.24) is 19.3 Å². The van der Waals surface area contributed by atoms with Gasteiger partial charge in [0.1, 0.15) is 0 Å². The molecule has 0 radical (unpaired) electrons. The lowest BCUT2D eigenvalue weighted by Crippen LogP contribution is -2.30. The molecule has 0 aliphatic heterocycles. The minimum absolute atomic E-state index is 0.0591. The van der Waals surface area contributed by atoms with Gasteiger partial charge >= 0.3 is 4.87 Å². The molecule has 0 saturated carbocycles. The normalized spacial score (nSPS) is 11.8. The van der Waals surface area contributed by atoms with Crippen molar-refractivity contribution in [3.8, 4) is 10.6 Å². The molecule has 2 aromatic heterocycles. The smallest absolute Gasteiger partial charge is 0.307 e. The van der Waals surface area contributed by atoms with Gasteiger partial charge in [0.05, 0.1) is 15.5 Å². The van der Waals surface area contributed by atoms with Crippen LogP contribution in [0.15, 0.2) is 46.2 Å². The van der Waals surface area contributed by atoms with Crippen molar-refractivity contribution in [3.63, 3.8) is 0 Å². The van der Waals surface area contributed by atoms with Gasteiger partial charge in [0, 0.05) is 30.7 Å². The summed E-state index contributed by atoms with van der Waals surface area (Å²) < 4.78 is 28.8. The molecular formula is C18H21N5O3S2. The SMILES string of the molecule is Cc1c(-c2ccnc(Nc3cccc(S(=O)(=O)NC(C)C)c3)n2)sc(=O)n1C. The van der Waals surface area contributed by atoms with Crippen LogP contribution < -0.4 is 14.9 Å². The minimum atomic E-state index is -3.60. The van der Waals surface area contributed by atoms with Gasteiger partial charge in [0.2, 0.25) is 16.0 Å². The Morgan fingerprint density at radius 3 is 2.61 bits per heavy atom. The Labute approximate surface area is 167 Å². The fourth-order valence-corrected chi connectivity index (χ4v) is 4.80. The molecule has 0 saturated heterocycles. The van der Waals surface area contributed by atoms with Gasteiger partial charge in [-0.3, -0.25) is 4.79 Å². The van der Waals surface area contributed by atoms with Crippen molar-refractivity contribution in [3.05, 3.63) is 51.9 Å². The molecule has 0 aliphatic carbocycles. The number of rotatable bonds is 6. The highest BCUT2D eigenvalue weighted by Gasteiger charge is 2.16. The van der Waals surface area contributed by atoms with E-state index in [0.29, 0.717) is 17.3 Å². The van der Waals surface area contributed by atoms with Crippen LogP contribution in [-0.2, 0) is 17.1 Å². The maximum absolute atomic E-state index is 12.4. The predicted octanol–water partition coefficient (Wildman–Crippen LogP) is 2.64. The van der Waals surface area contributed by atoms with Crippen LogP contribution in [0.4, 0.5) is 11.6 Å². The van der Waals surface area contributed by atoms with E-state index in [1.807, 2.05) is 6.92 Å². The summed E-state index contributed by atoms with van der Waals surface area (Å²) in [6, 6.07) is 7.95. The summed E-state index contributed by atoms with van der Waals surface area (Å²) in [6.07, 6.45) is 1.59. The second-order valence-electron chi connectivity index (χ2n) is 6.54. The molecule has 0 unspecified atom stereocenters. The first-order valence-electron chi connectivity index (χ1n) is 8.56. The van der Waals surface area contributed by atoms with Crippen molar-refractivity contribution in [2.45, 2.75) is 31.7 Å². The summed E-state index contributed by atoms with van der Waals surface area (Å²) >= 11 is 1.12. The third kappa shape index (κ3) is 4.29. The fraction of sp³-hybridized carbons (Fsp3) is 0.278. The lowest BCUT2D eigenvalue weighted by atomic mass is 10.3. The lowest BCUT2D eigenvalue weighted by molar-refractivity contribution is 0.570. The van der Waals surface area contributed by atoms with Gasteiger partial charge in [-0.2, -0.15) is 0 Å². The molecule has 0 fully saturated rings. The topological polar surface area (TPSA) is 106 Å². The predicted molar refractivity (Wildman–Crippen MR) is 111 cm³/mol. The van der Waals surface area contributed by atoms with E-state index in [4.69, 9.17) is 0 Å². The molecule has 0 aliphatic rings. The quantitative estimate of drug-likeness (QED) is 0.636. The van der Waals surface area contributed by atoms with Crippen molar-refractivity contribution in [2.24, 2.45) is 7.05 Å². The Morgan fingerprint density at radius 1 is 1.21 bits per heavy atom. The van der Waals surface area contributed by atoms with Gasteiger partial charge in [-0.05, 0) is 45.0 Å². The highest BCUT2D eigenvalue weighted by Crippen LogP contribution is 2.25. The molecule has 0 bridgehead atoms. The van der Waals surface area contributed by atoms with E-state index in [1.165, 1.54) is 12.1 Å². The number of sulfonamides is 1. The number of thiazole rings is 1. The van der Waals surface area contributed by atoms with E-state index in [0.717, 1.165) is 21.9 Å². The van der Waals surface area contributed by atoms with Crippen LogP contribution in [0.3, 0.4) is 0 Å². The largest absolute Gasteiger partial charge is 0.324 e. The Kier molecular flexibility index (Phi) is 5.64. The average molecular weight is 420 g/mol. The van der Waals surface area contributed by atoms with E-state index < -0.39 is 10.0 Å². The van der Waals surface area contributed by atoms with Crippen LogP contribution in [0.25, 0.3) is 10.6 Å². The molecule has 2 heterocycles. The molecule has 3 aromatic rings. The number of hydrogen-bond acceptors (Lipinski definition) is 7. The first kappa shape index (κ1) is 20.2. The summed E-state index contributed by atoms with van der Waals surface area (Å²) in [7, 11) is -1.88. The number of aromatic nitrogens is 3. The Hall–Kier alpha value is -2.56. The first-order valence-corrected chi connectivity index (χ1v) is 10.9. The maximum Gasteiger partial charge on any atom is 0.307 e. The molecule has 148 valence electrons. The molecule has 28 heavy (non-hydrogen) atoms. The standard InChI is InChI=1S/C18H21N5O3S2/c1-11(2)22-28(25,26)14-7-5-6-13(10-14)20-17-19-9-8-15(21-17)16-12(3)23(4)18(24)27-16/h5-11,22H,1-4H3,(H,19,20,21). The minimum Gasteiger partial charge on any atom is -0.324 e. The van der Waals surface area contributed by atoms with E-state index in [2.05, 4.69) is 20.0 Å². The second kappa shape index (κ2) is 7.82. The zero-order chi connectivity index (χ0) is 20.5. The summed E-state index contributed by atoms with van der Waals surface area (Å²) in [6.45, 7) is 5.39. The fourth-order valence-electron chi connectivity index (χ4n) is 2.55. The number of nitrogens with one attached hydrogen (secondary N) is 2. The Bertz CT molecular complexity index is 1170. The molecule has 1 aromatic carbocycles. The molecule has 2 N–H and O–H groups in total. The van der Waals surface area contributed by atoms with Gasteiger partial charge in [0.15, 0.2) is 0 Å². The maximum atomic E-state index is 12.4. The van der Waals surface area contributed by atoms with Crippen LogP contribution in [0.5, 0.6) is 0 Å². The van der Waals surface area contributed by atoms with E-state index >= 15 is 0 Å². The van der Waals surface area contributed by atoms with Crippen LogP contribution >= 0.6 is 11.3 Å². The summed E-state index contributed by atoms with van der Waals surface area (Å²) in [5, 5.41) is 3.03. The Balaban J connectivity index is 1.90. The second-order valence-corrected chi connectivity index (χ2v) is 9.21. The van der Waals surface area contributed by atoms with Crippen LogP contribution in [-0.4, -0.2) is 29.0 Å². The third-order valence-electron chi connectivity index (χ3n) is 3.97. The number of nitrogens with zero attached hydrogens (tertiary/aromatic N) is 3. The van der Waals surface area contributed by atoms with Crippen LogP contribution in [0.1, 0.15) is 19.5 Å². The van der Waals surface area contributed by atoms with Crippen molar-refractivity contribution in [2.75, 3.05) is 5.32 Å². The lowest BCUT2D eigenvalue weighted by Gasteiger charge is -2.11. The summed E-state index contributed by atoms with van der Waals surface area (Å²) in [5.41, 5.74) is 2.00. The van der Waals surface area contributed by atoms with Gasteiger partial charge in [-0.15, -0.1) is 0 Å². The van der Waals surface area contributed by atoms with E-state index in [-0.39, 0.29) is 15.8 Å². The zero-order valence-corrected chi connectivity index (χ0v) is 17.6. The van der Waals surface area contributed by atoms with Gasteiger partial charge in [0.25, 0.3) is 0 Å². The highest BCUT2D eigenvalue weighted by atomic mass is 32.2. The average Bonchev–Trinajstić information content (AvgIpc) is 2.89. The van der Waals surface area contributed by atoms with Crippen LogP contribution in [0.2, 0.25) is 0 Å². The first-order chi connectivity index (χ1) is 13.2. The summed E-state index contributed by atoms with van der Waals surface area (Å²) in [5.74, 6) is 0.312.